The molecule has 1 nitrogen and oxygen atoms in total. The normalized spacial score (nSPS) is 12.6. The van der Waals surface area contributed by atoms with Crippen molar-refractivity contribution in [3.8, 4) is 0 Å². The summed E-state index contributed by atoms with van der Waals surface area (Å²) in [7, 11) is 0. The summed E-state index contributed by atoms with van der Waals surface area (Å²) in [6, 6.07) is 9.36. The summed E-state index contributed by atoms with van der Waals surface area (Å²) in [4.78, 5) is 1.24. The molecule has 1 aromatic heterocycles. The number of nitrogens with one attached hydrogen (secondary N) is 1. The minimum Gasteiger partial charge on any atom is -0.305 e. The molecule has 2 aromatic rings. The molecule has 1 aromatic carbocycles. The Morgan fingerprint density at radius 1 is 1.35 bits per heavy atom. The highest BCUT2D eigenvalue weighted by Crippen LogP contribution is 2.21. The van der Waals surface area contributed by atoms with Gasteiger partial charge in [-0.05, 0) is 24.4 Å². The average molecular weight is 270 g/mol. The smallest absolute Gasteiger partial charge is 0.146 e. The third-order valence-corrected chi connectivity index (χ3v) is 3.95. The molecule has 2 rings (SSSR count). The van der Waals surface area contributed by atoms with E-state index in [0.717, 1.165) is 0 Å². The van der Waals surface area contributed by atoms with Crippen molar-refractivity contribution in [2.45, 2.75) is 19.5 Å². The van der Waals surface area contributed by atoms with Gasteiger partial charge in [-0.15, -0.1) is 11.3 Å². The first-order valence-electron chi connectivity index (χ1n) is 5.38. The Morgan fingerprint density at radius 2 is 2.18 bits per heavy atom. The summed E-state index contributed by atoms with van der Waals surface area (Å²) in [6.07, 6.45) is 0. The predicted molar refractivity (Wildman–Crippen MR) is 71.0 cm³/mol. The summed E-state index contributed by atoms with van der Waals surface area (Å²) in [5, 5.41) is 5.49. The zero-order valence-electron chi connectivity index (χ0n) is 9.41. The van der Waals surface area contributed by atoms with Crippen molar-refractivity contribution >= 4 is 22.9 Å². The maximum atomic E-state index is 13.6. The lowest BCUT2D eigenvalue weighted by molar-refractivity contribution is 0.549. The summed E-state index contributed by atoms with van der Waals surface area (Å²) in [5.41, 5.74) is 0.598. The van der Waals surface area contributed by atoms with Crippen LogP contribution in [-0.4, -0.2) is 0 Å². The zero-order chi connectivity index (χ0) is 12.3. The molecule has 0 aliphatic rings. The van der Waals surface area contributed by atoms with Crippen molar-refractivity contribution in [2.24, 2.45) is 0 Å². The fourth-order valence-electron chi connectivity index (χ4n) is 1.59. The molecule has 1 atom stereocenters. The molecule has 1 heterocycles. The molecule has 0 aliphatic heterocycles. The molecular weight excluding hydrogens is 257 g/mol. The van der Waals surface area contributed by atoms with Crippen LogP contribution in [0.4, 0.5) is 4.39 Å². The monoisotopic (exact) mass is 269 g/mol. The van der Waals surface area contributed by atoms with Gasteiger partial charge in [-0.3, -0.25) is 0 Å². The molecule has 1 unspecified atom stereocenters. The van der Waals surface area contributed by atoms with Crippen LogP contribution in [0.1, 0.15) is 23.4 Å². The first-order valence-corrected chi connectivity index (χ1v) is 6.64. The minimum absolute atomic E-state index is 0.174. The van der Waals surface area contributed by atoms with Gasteiger partial charge in [0.1, 0.15) is 5.82 Å². The second kappa shape index (κ2) is 5.63. The summed E-state index contributed by atoms with van der Waals surface area (Å²) < 4.78 is 13.6. The minimum atomic E-state index is -0.333. The van der Waals surface area contributed by atoms with Crippen LogP contribution in [0.25, 0.3) is 0 Å². The molecule has 0 bridgehead atoms. The standard InChI is InChI=1S/C13H13ClFNS/c1-9(12-6-3-7-17-12)16-8-10-4-2-5-11(14)13(10)15/h2-7,9,16H,8H2,1H3. The Morgan fingerprint density at radius 3 is 2.88 bits per heavy atom. The van der Waals surface area contributed by atoms with Crippen molar-refractivity contribution in [3.63, 3.8) is 0 Å². The van der Waals surface area contributed by atoms with E-state index >= 15 is 0 Å². The van der Waals surface area contributed by atoms with E-state index in [1.54, 1.807) is 29.5 Å². The molecule has 0 spiro atoms. The van der Waals surface area contributed by atoms with E-state index in [1.165, 1.54) is 4.88 Å². The summed E-state index contributed by atoms with van der Waals surface area (Å²) in [5.74, 6) is -0.333. The SMILES string of the molecule is CC(NCc1cccc(Cl)c1F)c1cccs1. The lowest BCUT2D eigenvalue weighted by Gasteiger charge is -2.12. The predicted octanol–water partition coefficient (Wildman–Crippen LogP) is 4.39. The molecule has 0 aliphatic carbocycles. The highest BCUT2D eigenvalue weighted by Gasteiger charge is 2.09. The summed E-state index contributed by atoms with van der Waals surface area (Å²) >= 11 is 7.42. The van der Waals surface area contributed by atoms with Crippen LogP contribution in [0.3, 0.4) is 0 Å². The molecular formula is C13H13ClFNS. The number of halogens is 2. The van der Waals surface area contributed by atoms with E-state index in [9.17, 15) is 4.39 Å². The van der Waals surface area contributed by atoms with Crippen LogP contribution in [0.2, 0.25) is 5.02 Å². The first-order chi connectivity index (χ1) is 8.18. The van der Waals surface area contributed by atoms with Crippen LogP contribution in [-0.2, 0) is 6.54 Å². The second-order valence-corrected chi connectivity index (χ2v) is 5.22. The second-order valence-electron chi connectivity index (χ2n) is 3.83. The van der Waals surface area contributed by atoms with Crippen molar-refractivity contribution in [2.75, 3.05) is 0 Å². The van der Waals surface area contributed by atoms with Crippen molar-refractivity contribution in [1.29, 1.82) is 0 Å². The van der Waals surface area contributed by atoms with Crippen LogP contribution >= 0.6 is 22.9 Å². The quantitative estimate of drug-likeness (QED) is 0.868. The van der Waals surface area contributed by atoms with E-state index in [4.69, 9.17) is 11.6 Å². The van der Waals surface area contributed by atoms with Gasteiger partial charge in [0.2, 0.25) is 0 Å². The van der Waals surface area contributed by atoms with Crippen molar-refractivity contribution in [3.05, 3.63) is 57.0 Å². The Bertz CT molecular complexity index is 484. The van der Waals surface area contributed by atoms with Crippen LogP contribution in [0.15, 0.2) is 35.7 Å². The molecule has 0 saturated carbocycles. The highest BCUT2D eigenvalue weighted by atomic mass is 35.5. The van der Waals surface area contributed by atoms with Gasteiger partial charge in [-0.1, -0.05) is 29.8 Å². The van der Waals surface area contributed by atoms with Crippen molar-refractivity contribution in [1.82, 2.24) is 5.32 Å². The van der Waals surface area contributed by atoms with Gasteiger partial charge in [0.05, 0.1) is 5.02 Å². The Balaban J connectivity index is 2.00. The molecule has 0 fully saturated rings. The largest absolute Gasteiger partial charge is 0.305 e. The number of rotatable bonds is 4. The van der Waals surface area contributed by atoms with E-state index in [0.29, 0.717) is 12.1 Å². The van der Waals surface area contributed by atoms with Gasteiger partial charge in [0, 0.05) is 23.0 Å². The Kier molecular flexibility index (Phi) is 4.15. The number of thiophene rings is 1. The molecule has 17 heavy (non-hydrogen) atoms. The molecule has 0 saturated heterocycles. The fraction of sp³-hybridized carbons (Fsp3) is 0.231. The van der Waals surface area contributed by atoms with Crippen LogP contribution < -0.4 is 5.32 Å². The van der Waals surface area contributed by atoms with E-state index in [-0.39, 0.29) is 16.9 Å². The number of benzene rings is 1. The molecule has 90 valence electrons. The molecule has 0 radical (unpaired) electrons. The van der Waals surface area contributed by atoms with Gasteiger partial charge in [0.15, 0.2) is 0 Å². The maximum absolute atomic E-state index is 13.6. The average Bonchev–Trinajstić information content (AvgIpc) is 2.84. The van der Waals surface area contributed by atoms with Gasteiger partial charge in [-0.2, -0.15) is 0 Å². The molecule has 4 heteroatoms. The van der Waals surface area contributed by atoms with E-state index in [2.05, 4.69) is 18.3 Å². The van der Waals surface area contributed by atoms with Gasteiger partial charge < -0.3 is 5.32 Å². The Hall–Kier alpha value is -0.900. The zero-order valence-corrected chi connectivity index (χ0v) is 11.0. The molecule has 1 N–H and O–H groups in total. The third kappa shape index (κ3) is 3.06. The van der Waals surface area contributed by atoms with Gasteiger partial charge in [-0.25, -0.2) is 4.39 Å². The van der Waals surface area contributed by atoms with Crippen LogP contribution in [0.5, 0.6) is 0 Å². The van der Waals surface area contributed by atoms with Crippen molar-refractivity contribution < 1.29 is 4.39 Å². The fourth-order valence-corrected chi connectivity index (χ4v) is 2.54. The lowest BCUT2D eigenvalue weighted by Crippen LogP contribution is -2.17. The van der Waals surface area contributed by atoms with E-state index < -0.39 is 0 Å². The number of hydrogen-bond donors (Lipinski definition) is 1. The van der Waals surface area contributed by atoms with Gasteiger partial charge >= 0.3 is 0 Å². The van der Waals surface area contributed by atoms with Gasteiger partial charge in [0.25, 0.3) is 0 Å². The first kappa shape index (κ1) is 12.6. The van der Waals surface area contributed by atoms with Crippen LogP contribution in [0, 0.1) is 5.82 Å². The Labute approximate surface area is 109 Å². The summed E-state index contributed by atoms with van der Waals surface area (Å²) in [6.45, 7) is 2.54. The third-order valence-electron chi connectivity index (χ3n) is 2.60. The maximum Gasteiger partial charge on any atom is 0.146 e. The molecule has 0 amide bonds. The lowest BCUT2D eigenvalue weighted by atomic mass is 10.2. The highest BCUT2D eigenvalue weighted by molar-refractivity contribution is 7.10. The van der Waals surface area contributed by atoms with E-state index in [1.807, 2.05) is 11.4 Å². The topological polar surface area (TPSA) is 12.0 Å². The number of hydrogen-bond acceptors (Lipinski definition) is 2.